The molecule has 6 heteroatoms. The molecule has 0 fully saturated rings. The van der Waals surface area contributed by atoms with Gasteiger partial charge in [-0.3, -0.25) is 4.98 Å². The summed E-state index contributed by atoms with van der Waals surface area (Å²) in [6.07, 6.45) is 4.88. The number of nitrogens with zero attached hydrogens (tertiary/aromatic N) is 3. The van der Waals surface area contributed by atoms with Crippen LogP contribution in [-0.2, 0) is 0 Å². The van der Waals surface area contributed by atoms with Gasteiger partial charge in [-0.1, -0.05) is 36.4 Å². The number of rotatable bonds is 4. The molecule has 0 saturated heterocycles. The zero-order chi connectivity index (χ0) is 17.9. The number of nitrogens with one attached hydrogen (secondary N) is 1. The van der Waals surface area contributed by atoms with E-state index < -0.39 is 6.04 Å². The van der Waals surface area contributed by atoms with Gasteiger partial charge in [0.05, 0.1) is 6.04 Å². The Morgan fingerprint density at radius 3 is 2.31 bits per heavy atom. The maximum atomic E-state index is 10.8. The Labute approximate surface area is 149 Å². The molecule has 0 aliphatic rings. The molecule has 26 heavy (non-hydrogen) atoms. The van der Waals surface area contributed by atoms with Crippen molar-refractivity contribution in [1.29, 1.82) is 0 Å². The molecule has 2 aromatic carbocycles. The van der Waals surface area contributed by atoms with Crippen molar-refractivity contribution in [2.45, 2.75) is 6.04 Å². The molecule has 0 radical (unpaired) electrons. The molecule has 128 valence electrons. The number of aromatic hydroxyl groups is 2. The van der Waals surface area contributed by atoms with Crippen LogP contribution in [0.5, 0.6) is 11.5 Å². The predicted octanol–water partition coefficient (Wildman–Crippen LogP) is 3.64. The highest BCUT2D eigenvalue weighted by Gasteiger charge is 2.23. The first-order valence-corrected chi connectivity index (χ1v) is 8.12. The van der Waals surface area contributed by atoms with Crippen molar-refractivity contribution < 1.29 is 10.2 Å². The SMILES string of the molecule is Oc1ccccc1C(Nc1ncccn1)c1ccc2cccnc2c1O. The van der Waals surface area contributed by atoms with Gasteiger partial charge in [0.2, 0.25) is 5.95 Å². The molecule has 0 aliphatic carbocycles. The quantitative estimate of drug-likeness (QED) is 0.523. The van der Waals surface area contributed by atoms with Crippen LogP contribution >= 0.6 is 0 Å². The van der Waals surface area contributed by atoms with Gasteiger partial charge in [0.15, 0.2) is 0 Å². The molecule has 0 saturated carbocycles. The van der Waals surface area contributed by atoms with E-state index in [0.29, 0.717) is 22.6 Å². The van der Waals surface area contributed by atoms with Crippen molar-refractivity contribution in [1.82, 2.24) is 15.0 Å². The van der Waals surface area contributed by atoms with E-state index in [1.54, 1.807) is 42.9 Å². The summed E-state index contributed by atoms with van der Waals surface area (Å²) in [5, 5.41) is 25.2. The van der Waals surface area contributed by atoms with E-state index >= 15 is 0 Å². The molecule has 1 unspecified atom stereocenters. The van der Waals surface area contributed by atoms with E-state index in [0.717, 1.165) is 5.39 Å². The summed E-state index contributed by atoms with van der Waals surface area (Å²) in [6.45, 7) is 0. The Morgan fingerprint density at radius 2 is 1.50 bits per heavy atom. The van der Waals surface area contributed by atoms with Gasteiger partial charge in [-0.05, 0) is 18.2 Å². The first-order valence-electron chi connectivity index (χ1n) is 8.12. The van der Waals surface area contributed by atoms with Gasteiger partial charge in [0.1, 0.15) is 17.0 Å². The van der Waals surface area contributed by atoms with E-state index in [1.807, 2.05) is 30.3 Å². The van der Waals surface area contributed by atoms with Gasteiger partial charge in [-0.15, -0.1) is 0 Å². The number of benzene rings is 2. The fourth-order valence-electron chi connectivity index (χ4n) is 2.94. The summed E-state index contributed by atoms with van der Waals surface area (Å²) < 4.78 is 0. The average Bonchev–Trinajstić information content (AvgIpc) is 2.68. The fourth-order valence-corrected chi connectivity index (χ4v) is 2.94. The molecule has 0 aliphatic heterocycles. The Balaban J connectivity index is 1.88. The monoisotopic (exact) mass is 344 g/mol. The smallest absolute Gasteiger partial charge is 0.223 e. The molecule has 2 heterocycles. The molecule has 2 aromatic heterocycles. The lowest BCUT2D eigenvalue weighted by Crippen LogP contribution is -2.14. The van der Waals surface area contributed by atoms with Gasteiger partial charge in [-0.25, -0.2) is 9.97 Å². The average molecular weight is 344 g/mol. The molecule has 3 N–H and O–H groups in total. The van der Waals surface area contributed by atoms with Crippen molar-refractivity contribution in [3.63, 3.8) is 0 Å². The molecule has 6 nitrogen and oxygen atoms in total. The number of aromatic nitrogens is 3. The van der Waals surface area contributed by atoms with Crippen molar-refractivity contribution in [3.05, 3.63) is 84.3 Å². The third-order valence-electron chi connectivity index (χ3n) is 4.18. The minimum absolute atomic E-state index is 0.0554. The maximum Gasteiger partial charge on any atom is 0.223 e. The highest BCUT2D eigenvalue weighted by Crippen LogP contribution is 2.38. The van der Waals surface area contributed by atoms with Crippen LogP contribution in [-0.4, -0.2) is 25.2 Å². The number of para-hydroxylation sites is 1. The molecule has 1 atom stereocenters. The lowest BCUT2D eigenvalue weighted by Gasteiger charge is -2.22. The predicted molar refractivity (Wildman–Crippen MR) is 99.0 cm³/mol. The summed E-state index contributed by atoms with van der Waals surface area (Å²) in [7, 11) is 0. The summed E-state index contributed by atoms with van der Waals surface area (Å²) in [4.78, 5) is 12.7. The zero-order valence-electron chi connectivity index (χ0n) is 13.7. The number of hydrogen-bond donors (Lipinski definition) is 3. The number of hydrogen-bond acceptors (Lipinski definition) is 6. The second kappa shape index (κ2) is 6.68. The van der Waals surface area contributed by atoms with Crippen LogP contribution in [0.25, 0.3) is 10.9 Å². The molecule has 0 amide bonds. The van der Waals surface area contributed by atoms with Gasteiger partial charge in [0.25, 0.3) is 0 Å². The highest BCUT2D eigenvalue weighted by atomic mass is 16.3. The third-order valence-corrected chi connectivity index (χ3v) is 4.18. The first kappa shape index (κ1) is 15.8. The Bertz CT molecular complexity index is 1050. The minimum atomic E-state index is -0.551. The van der Waals surface area contributed by atoms with Crippen molar-refractivity contribution in [2.75, 3.05) is 5.32 Å². The van der Waals surface area contributed by atoms with E-state index in [9.17, 15) is 10.2 Å². The summed E-state index contributed by atoms with van der Waals surface area (Å²) in [5.74, 6) is 0.558. The van der Waals surface area contributed by atoms with E-state index in [2.05, 4.69) is 20.3 Å². The summed E-state index contributed by atoms with van der Waals surface area (Å²) >= 11 is 0. The first-order chi connectivity index (χ1) is 12.7. The highest BCUT2D eigenvalue weighted by molar-refractivity contribution is 5.86. The lowest BCUT2D eigenvalue weighted by atomic mass is 9.95. The minimum Gasteiger partial charge on any atom is -0.508 e. The lowest BCUT2D eigenvalue weighted by molar-refractivity contribution is 0.459. The van der Waals surface area contributed by atoms with E-state index in [4.69, 9.17) is 0 Å². The Kier molecular flexibility index (Phi) is 4.07. The second-order valence-electron chi connectivity index (χ2n) is 5.79. The molecule has 4 rings (SSSR count). The van der Waals surface area contributed by atoms with Crippen LogP contribution < -0.4 is 5.32 Å². The number of phenolic OH excluding ortho intramolecular Hbond substituents is 2. The number of pyridine rings is 1. The molecular weight excluding hydrogens is 328 g/mol. The number of anilines is 1. The van der Waals surface area contributed by atoms with E-state index in [-0.39, 0.29) is 11.5 Å². The number of fused-ring (bicyclic) bond motifs is 1. The summed E-state index contributed by atoms with van der Waals surface area (Å²) in [6, 6.07) is 15.5. The molecule has 4 aromatic rings. The molecule has 0 spiro atoms. The van der Waals surface area contributed by atoms with Crippen molar-refractivity contribution >= 4 is 16.9 Å². The molecular formula is C20H16N4O2. The fraction of sp³-hybridized carbons (Fsp3) is 0.0500. The molecule has 0 bridgehead atoms. The third kappa shape index (κ3) is 2.88. The van der Waals surface area contributed by atoms with Crippen molar-refractivity contribution in [3.8, 4) is 11.5 Å². The van der Waals surface area contributed by atoms with Gasteiger partial charge in [-0.2, -0.15) is 0 Å². The Morgan fingerprint density at radius 1 is 0.731 bits per heavy atom. The maximum absolute atomic E-state index is 10.8. The van der Waals surface area contributed by atoms with Gasteiger partial charge >= 0.3 is 0 Å². The normalized spacial score (nSPS) is 12.0. The van der Waals surface area contributed by atoms with Crippen LogP contribution in [0.3, 0.4) is 0 Å². The van der Waals surface area contributed by atoms with Crippen molar-refractivity contribution in [2.24, 2.45) is 0 Å². The largest absolute Gasteiger partial charge is 0.508 e. The zero-order valence-corrected chi connectivity index (χ0v) is 13.7. The summed E-state index contributed by atoms with van der Waals surface area (Å²) in [5.41, 5.74) is 1.68. The topological polar surface area (TPSA) is 91.2 Å². The number of phenols is 2. The van der Waals surface area contributed by atoms with Crippen LogP contribution in [0, 0.1) is 0 Å². The van der Waals surface area contributed by atoms with Crippen LogP contribution in [0.15, 0.2) is 73.2 Å². The van der Waals surface area contributed by atoms with Crippen LogP contribution in [0.2, 0.25) is 0 Å². The Hall–Kier alpha value is -3.67. The van der Waals surface area contributed by atoms with E-state index in [1.165, 1.54) is 0 Å². The second-order valence-corrected chi connectivity index (χ2v) is 5.79. The van der Waals surface area contributed by atoms with Gasteiger partial charge in [0, 0.05) is 35.1 Å². The van der Waals surface area contributed by atoms with Gasteiger partial charge < -0.3 is 15.5 Å². The standard InChI is InChI=1S/C20H16N4O2/c25-16-7-2-1-6-14(16)18(24-20-22-11-4-12-23-20)15-9-8-13-5-3-10-21-17(13)19(15)26/h1-12,18,25-26H,(H,22,23,24). The van der Waals surface area contributed by atoms with Crippen LogP contribution in [0.1, 0.15) is 17.2 Å². The van der Waals surface area contributed by atoms with Crippen LogP contribution in [0.4, 0.5) is 5.95 Å².